The molecule has 0 aliphatic carbocycles. The summed E-state index contributed by atoms with van der Waals surface area (Å²) in [5.41, 5.74) is 2.20. The molecule has 0 radical (unpaired) electrons. The Labute approximate surface area is 142 Å². The van der Waals surface area contributed by atoms with Crippen molar-refractivity contribution < 1.29 is 14.3 Å². The van der Waals surface area contributed by atoms with E-state index in [0.29, 0.717) is 5.75 Å². The summed E-state index contributed by atoms with van der Waals surface area (Å²) in [6.07, 6.45) is 5.19. The number of ether oxygens (including phenoxy) is 2. The van der Waals surface area contributed by atoms with Gasteiger partial charge in [0.1, 0.15) is 0 Å². The van der Waals surface area contributed by atoms with Crippen molar-refractivity contribution in [2.24, 2.45) is 0 Å². The highest BCUT2D eigenvalue weighted by atomic mass is 16.7. The summed E-state index contributed by atoms with van der Waals surface area (Å²) in [6.45, 7) is 2.27. The van der Waals surface area contributed by atoms with Crippen molar-refractivity contribution in [2.75, 3.05) is 6.79 Å². The summed E-state index contributed by atoms with van der Waals surface area (Å²) in [6, 6.07) is 16.0. The van der Waals surface area contributed by atoms with Gasteiger partial charge in [-0.25, -0.2) is 0 Å². The molecule has 0 saturated carbocycles. The highest BCUT2D eigenvalue weighted by Gasteiger charge is 2.12. The topological polar surface area (TPSA) is 47.6 Å². The van der Waals surface area contributed by atoms with Crippen LogP contribution in [0.2, 0.25) is 0 Å². The van der Waals surface area contributed by atoms with Crippen LogP contribution in [-0.2, 0) is 11.2 Å². The van der Waals surface area contributed by atoms with Crippen LogP contribution >= 0.6 is 0 Å². The van der Waals surface area contributed by atoms with E-state index < -0.39 is 0 Å². The zero-order valence-corrected chi connectivity index (χ0v) is 13.7. The molecule has 0 fully saturated rings. The van der Waals surface area contributed by atoms with Crippen LogP contribution in [0.4, 0.5) is 0 Å². The number of carbonyl (C=O) groups excluding carboxylic acids is 1. The quantitative estimate of drug-likeness (QED) is 0.827. The van der Waals surface area contributed by atoms with Gasteiger partial charge in [-0.05, 0) is 49.1 Å². The highest BCUT2D eigenvalue weighted by molar-refractivity contribution is 5.92. The molecule has 1 amide bonds. The van der Waals surface area contributed by atoms with E-state index in [1.807, 2.05) is 43.3 Å². The van der Waals surface area contributed by atoms with Gasteiger partial charge in [0.25, 0.3) is 0 Å². The minimum absolute atomic E-state index is 0.0896. The lowest BCUT2D eigenvalue weighted by Gasteiger charge is -2.12. The molecule has 0 bridgehead atoms. The van der Waals surface area contributed by atoms with Gasteiger partial charge < -0.3 is 14.8 Å². The van der Waals surface area contributed by atoms with Gasteiger partial charge in [-0.1, -0.05) is 36.4 Å². The van der Waals surface area contributed by atoms with Gasteiger partial charge >= 0.3 is 0 Å². The van der Waals surface area contributed by atoms with Gasteiger partial charge in [0, 0.05) is 12.1 Å². The van der Waals surface area contributed by atoms with E-state index in [2.05, 4.69) is 17.4 Å². The molecule has 0 aromatic heterocycles. The molecule has 0 unspecified atom stereocenters. The van der Waals surface area contributed by atoms with Crippen molar-refractivity contribution >= 4 is 12.0 Å². The predicted molar refractivity (Wildman–Crippen MR) is 94.0 cm³/mol. The lowest BCUT2D eigenvalue weighted by Crippen LogP contribution is -2.31. The molecule has 1 heterocycles. The monoisotopic (exact) mass is 323 g/mol. The maximum atomic E-state index is 12.0. The average Bonchev–Trinajstić information content (AvgIpc) is 3.07. The molecule has 2 aromatic rings. The maximum Gasteiger partial charge on any atom is 0.244 e. The van der Waals surface area contributed by atoms with E-state index >= 15 is 0 Å². The number of carbonyl (C=O) groups is 1. The minimum atomic E-state index is -0.0896. The first-order chi connectivity index (χ1) is 11.7. The molecule has 24 heavy (non-hydrogen) atoms. The van der Waals surface area contributed by atoms with Crippen molar-refractivity contribution in [3.05, 3.63) is 65.7 Å². The van der Waals surface area contributed by atoms with E-state index in [9.17, 15) is 4.79 Å². The van der Waals surface area contributed by atoms with Crippen LogP contribution in [0.3, 0.4) is 0 Å². The summed E-state index contributed by atoms with van der Waals surface area (Å²) in [4.78, 5) is 12.0. The van der Waals surface area contributed by atoms with Crippen LogP contribution in [0, 0.1) is 0 Å². The standard InChI is InChI=1S/C20H21NO3/c1-15(7-8-16-5-3-2-4-6-16)21-20(22)12-10-17-9-11-18-19(13-17)24-14-23-18/h2-6,9-13,15H,7-8,14H2,1H3,(H,21,22)/b12-10+/t15-/m0/s1. The number of amides is 1. The smallest absolute Gasteiger partial charge is 0.244 e. The van der Waals surface area contributed by atoms with Gasteiger partial charge in [0.05, 0.1) is 0 Å². The number of hydrogen-bond donors (Lipinski definition) is 1. The van der Waals surface area contributed by atoms with Crippen molar-refractivity contribution in [3.63, 3.8) is 0 Å². The van der Waals surface area contributed by atoms with Crippen LogP contribution in [0.15, 0.2) is 54.6 Å². The third kappa shape index (κ3) is 4.38. The molecule has 0 saturated heterocycles. The van der Waals surface area contributed by atoms with Crippen LogP contribution < -0.4 is 14.8 Å². The number of hydrogen-bond acceptors (Lipinski definition) is 3. The summed E-state index contributed by atoms with van der Waals surface area (Å²) in [7, 11) is 0. The Kier molecular flexibility index (Phi) is 5.16. The van der Waals surface area contributed by atoms with Gasteiger partial charge in [0.2, 0.25) is 12.7 Å². The normalized spacial score (nSPS) is 13.9. The molecule has 124 valence electrons. The SMILES string of the molecule is C[C@@H](CCc1ccccc1)NC(=O)/C=C/c1ccc2c(c1)OCO2. The molecule has 3 rings (SSSR count). The number of aryl methyl sites for hydroxylation is 1. The predicted octanol–water partition coefficient (Wildman–Crippen LogP) is 3.57. The fourth-order valence-corrected chi connectivity index (χ4v) is 2.58. The Morgan fingerprint density at radius 2 is 1.96 bits per heavy atom. The Bertz CT molecular complexity index is 725. The highest BCUT2D eigenvalue weighted by Crippen LogP contribution is 2.32. The molecular weight excluding hydrogens is 302 g/mol. The molecular formula is C20H21NO3. The molecule has 1 N–H and O–H groups in total. The van der Waals surface area contributed by atoms with Gasteiger partial charge in [-0.2, -0.15) is 0 Å². The molecule has 4 nitrogen and oxygen atoms in total. The molecule has 1 aliphatic heterocycles. The van der Waals surface area contributed by atoms with Crippen molar-refractivity contribution in [1.82, 2.24) is 5.32 Å². The fourth-order valence-electron chi connectivity index (χ4n) is 2.58. The fraction of sp³-hybridized carbons (Fsp3) is 0.250. The summed E-state index contributed by atoms with van der Waals surface area (Å²) < 4.78 is 10.6. The second-order valence-electron chi connectivity index (χ2n) is 5.88. The summed E-state index contributed by atoms with van der Waals surface area (Å²) >= 11 is 0. The van der Waals surface area contributed by atoms with Crippen LogP contribution in [-0.4, -0.2) is 18.7 Å². The minimum Gasteiger partial charge on any atom is -0.454 e. The van der Waals surface area contributed by atoms with Crippen molar-refractivity contribution in [1.29, 1.82) is 0 Å². The van der Waals surface area contributed by atoms with E-state index in [1.165, 1.54) is 5.56 Å². The Morgan fingerprint density at radius 1 is 1.17 bits per heavy atom. The second kappa shape index (κ2) is 7.68. The van der Waals surface area contributed by atoms with Crippen LogP contribution in [0.25, 0.3) is 6.08 Å². The first-order valence-electron chi connectivity index (χ1n) is 8.13. The Morgan fingerprint density at radius 3 is 2.79 bits per heavy atom. The van der Waals surface area contributed by atoms with Crippen molar-refractivity contribution in [3.8, 4) is 11.5 Å². The zero-order chi connectivity index (χ0) is 16.8. The molecule has 4 heteroatoms. The third-order valence-corrected chi connectivity index (χ3v) is 3.92. The number of benzene rings is 2. The van der Waals surface area contributed by atoms with Crippen LogP contribution in [0.5, 0.6) is 11.5 Å². The first-order valence-corrected chi connectivity index (χ1v) is 8.13. The average molecular weight is 323 g/mol. The Balaban J connectivity index is 1.48. The van der Waals surface area contributed by atoms with E-state index in [1.54, 1.807) is 12.2 Å². The van der Waals surface area contributed by atoms with E-state index in [0.717, 1.165) is 24.2 Å². The van der Waals surface area contributed by atoms with Gasteiger partial charge in [0.15, 0.2) is 11.5 Å². The lowest BCUT2D eigenvalue weighted by molar-refractivity contribution is -0.117. The van der Waals surface area contributed by atoms with Gasteiger partial charge in [-0.3, -0.25) is 4.79 Å². The largest absolute Gasteiger partial charge is 0.454 e. The Hall–Kier alpha value is -2.75. The summed E-state index contributed by atoms with van der Waals surface area (Å²) in [5.74, 6) is 1.37. The van der Waals surface area contributed by atoms with E-state index in [-0.39, 0.29) is 18.7 Å². The number of nitrogens with one attached hydrogen (secondary N) is 1. The van der Waals surface area contributed by atoms with Crippen LogP contribution in [0.1, 0.15) is 24.5 Å². The third-order valence-electron chi connectivity index (χ3n) is 3.92. The second-order valence-corrected chi connectivity index (χ2v) is 5.88. The molecule has 0 spiro atoms. The zero-order valence-electron chi connectivity index (χ0n) is 13.7. The molecule has 1 aliphatic rings. The van der Waals surface area contributed by atoms with Crippen molar-refractivity contribution in [2.45, 2.75) is 25.8 Å². The lowest BCUT2D eigenvalue weighted by atomic mass is 10.1. The molecule has 2 aromatic carbocycles. The first kappa shape index (κ1) is 16.1. The number of rotatable bonds is 6. The summed E-state index contributed by atoms with van der Waals surface area (Å²) in [5, 5.41) is 2.99. The number of fused-ring (bicyclic) bond motifs is 1. The van der Waals surface area contributed by atoms with Gasteiger partial charge in [-0.15, -0.1) is 0 Å². The maximum absolute atomic E-state index is 12.0. The molecule has 1 atom stereocenters. The van der Waals surface area contributed by atoms with E-state index in [4.69, 9.17) is 9.47 Å².